The summed E-state index contributed by atoms with van der Waals surface area (Å²) in [5.74, 6) is 0. The number of rotatable bonds is 3. The fourth-order valence-electron chi connectivity index (χ4n) is 3.06. The monoisotopic (exact) mass is 370 g/mol. The smallest absolute Gasteiger partial charge is 0.341 e. The molecule has 0 saturated heterocycles. The highest BCUT2D eigenvalue weighted by molar-refractivity contribution is 5.75. The summed E-state index contributed by atoms with van der Waals surface area (Å²) in [5, 5.41) is 27.2. The molecular weight excluding hydrogens is 357 g/mol. The Bertz CT molecular complexity index is 1070. The van der Waals surface area contributed by atoms with Gasteiger partial charge in [-0.3, -0.25) is 5.10 Å². The summed E-state index contributed by atoms with van der Waals surface area (Å²) in [6.07, 6.45) is -4.60. The van der Waals surface area contributed by atoms with Gasteiger partial charge in [0.15, 0.2) is 5.69 Å². The van der Waals surface area contributed by atoms with Gasteiger partial charge >= 0.3 is 6.18 Å². The molecule has 0 radical (unpaired) electrons. The van der Waals surface area contributed by atoms with E-state index in [-0.39, 0.29) is 12.2 Å². The fraction of sp³-hybridized carbons (Fsp3) is 0.222. The van der Waals surface area contributed by atoms with Crippen molar-refractivity contribution in [3.05, 3.63) is 58.2 Å². The van der Waals surface area contributed by atoms with Crippen molar-refractivity contribution in [3.63, 3.8) is 0 Å². The molecule has 3 aromatic rings. The molecule has 136 valence electrons. The van der Waals surface area contributed by atoms with Crippen molar-refractivity contribution < 1.29 is 13.2 Å². The van der Waals surface area contributed by atoms with Crippen LogP contribution in [-0.4, -0.2) is 20.0 Å². The van der Waals surface area contributed by atoms with Crippen LogP contribution in [0.5, 0.6) is 0 Å². The molecule has 0 amide bonds. The Kier molecular flexibility index (Phi) is 4.46. The molecule has 2 heterocycles. The molecule has 0 aliphatic heterocycles. The van der Waals surface area contributed by atoms with Crippen molar-refractivity contribution in [2.75, 3.05) is 0 Å². The number of nitrogens with one attached hydrogen (secondary N) is 1. The maximum Gasteiger partial charge on any atom is 0.434 e. The van der Waals surface area contributed by atoms with Gasteiger partial charge in [0, 0.05) is 17.0 Å². The number of hydrogen-bond donors (Lipinski definition) is 1. The van der Waals surface area contributed by atoms with E-state index in [1.807, 2.05) is 11.2 Å². The van der Waals surface area contributed by atoms with Crippen LogP contribution >= 0.6 is 0 Å². The van der Waals surface area contributed by atoms with Gasteiger partial charge in [0.2, 0.25) is 0 Å². The van der Waals surface area contributed by atoms with E-state index >= 15 is 0 Å². The predicted octanol–water partition coefficient (Wildman–Crippen LogP) is 3.70. The number of alkyl halides is 3. The normalized spacial score (nSPS) is 11.2. The Labute approximate surface area is 152 Å². The molecule has 0 saturated carbocycles. The molecule has 0 atom stereocenters. The van der Waals surface area contributed by atoms with Crippen molar-refractivity contribution >= 4 is 0 Å². The molecule has 1 N–H and O–H groups in total. The van der Waals surface area contributed by atoms with Crippen LogP contribution in [0.3, 0.4) is 0 Å². The van der Waals surface area contributed by atoms with Gasteiger partial charge in [-0.05, 0) is 31.5 Å². The number of benzene rings is 1. The van der Waals surface area contributed by atoms with E-state index in [1.54, 1.807) is 42.7 Å². The van der Waals surface area contributed by atoms with Crippen molar-refractivity contribution in [1.82, 2.24) is 20.0 Å². The van der Waals surface area contributed by atoms with Crippen LogP contribution in [-0.2, 0) is 12.7 Å². The summed E-state index contributed by atoms with van der Waals surface area (Å²) in [6, 6.07) is 10.8. The molecule has 3 rings (SSSR count). The van der Waals surface area contributed by atoms with Crippen molar-refractivity contribution in [2.45, 2.75) is 26.6 Å². The van der Waals surface area contributed by atoms with Gasteiger partial charge in [-0.15, -0.1) is 5.10 Å². The molecule has 0 unspecified atom stereocenters. The number of nitrogens with zero attached hydrogens (tertiary/aromatic N) is 5. The number of aromatic nitrogens is 4. The SMILES string of the molecule is Cc1c(C#N)c(-c2ccc(C#N)cc2)c(C)n1Cc1nn[nH]c1C(F)(F)F. The van der Waals surface area contributed by atoms with E-state index < -0.39 is 11.9 Å². The third kappa shape index (κ3) is 3.15. The van der Waals surface area contributed by atoms with E-state index in [2.05, 4.69) is 16.4 Å². The van der Waals surface area contributed by atoms with Crippen LogP contribution in [0.15, 0.2) is 24.3 Å². The van der Waals surface area contributed by atoms with Crippen molar-refractivity contribution in [1.29, 1.82) is 10.5 Å². The predicted molar refractivity (Wildman–Crippen MR) is 89.3 cm³/mol. The number of aromatic amines is 1. The first-order chi connectivity index (χ1) is 12.8. The zero-order chi connectivity index (χ0) is 19.8. The third-order valence-corrected chi connectivity index (χ3v) is 4.41. The van der Waals surface area contributed by atoms with Crippen LogP contribution < -0.4 is 0 Å². The van der Waals surface area contributed by atoms with Crippen molar-refractivity contribution in [2.24, 2.45) is 0 Å². The number of hydrogen-bond acceptors (Lipinski definition) is 4. The number of nitriles is 2. The topological polar surface area (TPSA) is 94.1 Å². The summed E-state index contributed by atoms with van der Waals surface area (Å²) >= 11 is 0. The highest BCUT2D eigenvalue weighted by Gasteiger charge is 2.37. The lowest BCUT2D eigenvalue weighted by atomic mass is 10.0. The minimum atomic E-state index is -4.60. The summed E-state index contributed by atoms with van der Waals surface area (Å²) in [7, 11) is 0. The Morgan fingerprint density at radius 2 is 1.74 bits per heavy atom. The second kappa shape index (κ2) is 6.61. The molecule has 0 aliphatic rings. The third-order valence-electron chi connectivity index (χ3n) is 4.41. The Balaban J connectivity index is 2.11. The van der Waals surface area contributed by atoms with Gasteiger partial charge in [-0.1, -0.05) is 17.3 Å². The largest absolute Gasteiger partial charge is 0.434 e. The Morgan fingerprint density at radius 3 is 2.30 bits per heavy atom. The molecule has 6 nitrogen and oxygen atoms in total. The summed E-state index contributed by atoms with van der Waals surface area (Å²) < 4.78 is 40.8. The maximum atomic E-state index is 13.1. The average molecular weight is 370 g/mol. The second-order valence-corrected chi connectivity index (χ2v) is 5.94. The summed E-state index contributed by atoms with van der Waals surface area (Å²) in [4.78, 5) is 0. The maximum absolute atomic E-state index is 13.1. The molecular formula is C18H13F3N6. The zero-order valence-corrected chi connectivity index (χ0v) is 14.4. The van der Waals surface area contributed by atoms with E-state index in [0.717, 1.165) is 0 Å². The average Bonchev–Trinajstić information content (AvgIpc) is 3.20. The standard InChI is InChI=1S/C18H13F3N6/c1-10-14(8-23)16(13-5-3-12(7-22)4-6-13)11(2)27(10)9-15-17(18(19,20)21)25-26-24-15/h3-6H,9H2,1-2H3,(H,24,25,26). The van der Waals surface area contributed by atoms with Crippen molar-refractivity contribution in [3.8, 4) is 23.3 Å². The quantitative estimate of drug-likeness (QED) is 0.761. The van der Waals surface area contributed by atoms with Gasteiger partial charge in [0.05, 0.1) is 23.7 Å². The van der Waals surface area contributed by atoms with Crippen LogP contribution in [0, 0.1) is 36.5 Å². The Hall–Kier alpha value is -3.59. The minimum absolute atomic E-state index is 0.173. The molecule has 2 aromatic heterocycles. The van der Waals surface area contributed by atoms with Crippen LogP contribution in [0.25, 0.3) is 11.1 Å². The van der Waals surface area contributed by atoms with Gasteiger partial charge in [-0.2, -0.15) is 23.7 Å². The molecule has 0 aliphatic carbocycles. The van der Waals surface area contributed by atoms with Gasteiger partial charge < -0.3 is 4.57 Å². The molecule has 9 heteroatoms. The number of halogens is 3. The first-order valence-electron chi connectivity index (χ1n) is 7.85. The first-order valence-corrected chi connectivity index (χ1v) is 7.85. The van der Waals surface area contributed by atoms with Crippen LogP contribution in [0.1, 0.15) is 33.9 Å². The van der Waals surface area contributed by atoms with Gasteiger partial charge in [0.1, 0.15) is 11.8 Å². The molecule has 1 aromatic carbocycles. The molecule has 27 heavy (non-hydrogen) atoms. The lowest BCUT2D eigenvalue weighted by Gasteiger charge is -2.10. The highest BCUT2D eigenvalue weighted by Crippen LogP contribution is 2.34. The lowest BCUT2D eigenvalue weighted by molar-refractivity contribution is -0.141. The molecule has 0 spiro atoms. The Morgan fingerprint density at radius 1 is 1.07 bits per heavy atom. The zero-order valence-electron chi connectivity index (χ0n) is 14.4. The van der Waals surface area contributed by atoms with Crippen LogP contribution in [0.2, 0.25) is 0 Å². The van der Waals surface area contributed by atoms with E-state index in [4.69, 9.17) is 5.26 Å². The highest BCUT2D eigenvalue weighted by atomic mass is 19.4. The van der Waals surface area contributed by atoms with Gasteiger partial charge in [0.25, 0.3) is 0 Å². The number of H-pyrrole nitrogens is 1. The van der Waals surface area contributed by atoms with Crippen LogP contribution in [0.4, 0.5) is 13.2 Å². The summed E-state index contributed by atoms with van der Waals surface area (Å²) in [6.45, 7) is 3.23. The van der Waals surface area contributed by atoms with Gasteiger partial charge in [-0.25, -0.2) is 0 Å². The first kappa shape index (κ1) is 18.2. The molecule has 0 fully saturated rings. The summed E-state index contributed by atoms with van der Waals surface area (Å²) in [5.41, 5.74) is 2.08. The second-order valence-electron chi connectivity index (χ2n) is 5.94. The fourth-order valence-corrected chi connectivity index (χ4v) is 3.06. The minimum Gasteiger partial charge on any atom is -0.341 e. The van der Waals surface area contributed by atoms with E-state index in [1.165, 1.54) is 0 Å². The molecule has 0 bridgehead atoms. The lowest BCUT2D eigenvalue weighted by Crippen LogP contribution is -2.13. The van der Waals surface area contributed by atoms with E-state index in [9.17, 15) is 18.4 Å². The van der Waals surface area contributed by atoms with E-state index in [0.29, 0.717) is 33.6 Å².